The van der Waals surface area contributed by atoms with Crippen LogP contribution in [0.5, 0.6) is 0 Å². The van der Waals surface area contributed by atoms with E-state index in [1.165, 1.54) is 11.6 Å². The van der Waals surface area contributed by atoms with Crippen LogP contribution in [0.2, 0.25) is 0 Å². The molecule has 0 aliphatic heterocycles. The second kappa shape index (κ2) is 7.40. The first-order valence-electron chi connectivity index (χ1n) is 7.37. The van der Waals surface area contributed by atoms with Crippen molar-refractivity contribution < 1.29 is 9.59 Å². The fraction of sp³-hybridized carbons (Fsp3) is 0.158. The zero-order valence-corrected chi connectivity index (χ0v) is 13.2. The lowest BCUT2D eigenvalue weighted by Gasteiger charge is -2.14. The second-order valence-electron chi connectivity index (χ2n) is 5.45. The smallest absolute Gasteiger partial charge is 0.244 e. The van der Waals surface area contributed by atoms with E-state index < -0.39 is 11.9 Å². The Balaban J connectivity index is 2.10. The highest BCUT2D eigenvalue weighted by molar-refractivity contribution is 5.95. The number of benzene rings is 2. The van der Waals surface area contributed by atoms with Crippen molar-refractivity contribution >= 4 is 17.9 Å². The number of carbonyl (C=O) groups excluding carboxylic acids is 2. The molecule has 4 nitrogen and oxygen atoms in total. The summed E-state index contributed by atoms with van der Waals surface area (Å²) in [5.74, 6) is -0.956. The summed E-state index contributed by atoms with van der Waals surface area (Å²) in [5.41, 5.74) is 9.26. The molecule has 0 radical (unpaired) electrons. The summed E-state index contributed by atoms with van der Waals surface area (Å²) in [6.45, 7) is 4.01. The lowest BCUT2D eigenvalue weighted by molar-refractivity contribution is -0.125. The number of carbonyl (C=O) groups is 2. The maximum atomic E-state index is 12.1. The summed E-state index contributed by atoms with van der Waals surface area (Å²) >= 11 is 0. The first-order chi connectivity index (χ1) is 11.0. The Morgan fingerprint density at radius 2 is 1.78 bits per heavy atom. The standard InChI is InChI=1S/C19H20N2O2/c1-13-8-9-15(14(2)12-13)10-11-17(22)21-18(19(20)23)16-6-4-3-5-7-16/h3-12,18H,1-2H3,(H2,20,23)(H,21,22)/b11-10+. The number of rotatable bonds is 5. The van der Waals surface area contributed by atoms with Gasteiger partial charge in [-0.05, 0) is 36.6 Å². The first-order valence-corrected chi connectivity index (χ1v) is 7.37. The molecule has 2 aromatic rings. The molecule has 1 unspecified atom stereocenters. The van der Waals surface area contributed by atoms with Crippen LogP contribution in [0.15, 0.2) is 54.6 Å². The number of hydrogen-bond acceptors (Lipinski definition) is 2. The molecule has 2 aromatic carbocycles. The van der Waals surface area contributed by atoms with Gasteiger partial charge in [-0.3, -0.25) is 9.59 Å². The summed E-state index contributed by atoms with van der Waals surface area (Å²) < 4.78 is 0. The van der Waals surface area contributed by atoms with E-state index in [2.05, 4.69) is 5.32 Å². The van der Waals surface area contributed by atoms with E-state index in [4.69, 9.17) is 5.73 Å². The number of hydrogen-bond donors (Lipinski definition) is 2. The van der Waals surface area contributed by atoms with Crippen molar-refractivity contribution in [1.82, 2.24) is 5.32 Å². The van der Waals surface area contributed by atoms with Crippen molar-refractivity contribution in [2.45, 2.75) is 19.9 Å². The van der Waals surface area contributed by atoms with E-state index in [-0.39, 0.29) is 5.91 Å². The Hall–Kier alpha value is -2.88. The van der Waals surface area contributed by atoms with Crippen LogP contribution in [0.4, 0.5) is 0 Å². The molecule has 2 rings (SSSR count). The molecule has 23 heavy (non-hydrogen) atoms. The molecule has 0 fully saturated rings. The van der Waals surface area contributed by atoms with Gasteiger partial charge in [-0.25, -0.2) is 0 Å². The maximum Gasteiger partial charge on any atom is 0.244 e. The van der Waals surface area contributed by atoms with Crippen LogP contribution in [-0.2, 0) is 9.59 Å². The van der Waals surface area contributed by atoms with E-state index in [1.807, 2.05) is 38.1 Å². The molecule has 118 valence electrons. The van der Waals surface area contributed by atoms with Gasteiger partial charge in [-0.1, -0.05) is 54.1 Å². The van der Waals surface area contributed by atoms with Gasteiger partial charge in [0, 0.05) is 6.08 Å². The molecule has 0 saturated heterocycles. The molecule has 0 heterocycles. The predicted molar refractivity (Wildman–Crippen MR) is 91.5 cm³/mol. The van der Waals surface area contributed by atoms with E-state index in [0.717, 1.165) is 11.1 Å². The lowest BCUT2D eigenvalue weighted by Crippen LogP contribution is -2.36. The number of aryl methyl sites for hydroxylation is 2. The molecule has 1 atom stereocenters. The minimum Gasteiger partial charge on any atom is -0.368 e. The third-order valence-corrected chi connectivity index (χ3v) is 3.54. The van der Waals surface area contributed by atoms with Crippen LogP contribution in [0.1, 0.15) is 28.3 Å². The van der Waals surface area contributed by atoms with Gasteiger partial charge in [0.2, 0.25) is 11.8 Å². The summed E-state index contributed by atoms with van der Waals surface area (Å²) in [4.78, 5) is 23.7. The molecule has 3 N–H and O–H groups in total. The van der Waals surface area contributed by atoms with Gasteiger partial charge in [-0.2, -0.15) is 0 Å². The Kier molecular flexibility index (Phi) is 5.31. The van der Waals surface area contributed by atoms with Crippen LogP contribution in [0.3, 0.4) is 0 Å². The second-order valence-corrected chi connectivity index (χ2v) is 5.45. The van der Waals surface area contributed by atoms with Crippen LogP contribution in [0, 0.1) is 13.8 Å². The average Bonchev–Trinajstić information content (AvgIpc) is 2.52. The van der Waals surface area contributed by atoms with E-state index in [1.54, 1.807) is 30.3 Å². The van der Waals surface area contributed by atoms with Crippen LogP contribution < -0.4 is 11.1 Å². The molecule has 0 aliphatic carbocycles. The topological polar surface area (TPSA) is 72.2 Å². The van der Waals surface area contributed by atoms with Gasteiger partial charge in [0.15, 0.2) is 0 Å². The first kappa shape index (κ1) is 16.5. The number of nitrogens with one attached hydrogen (secondary N) is 1. The molecule has 0 saturated carbocycles. The highest BCUT2D eigenvalue weighted by Gasteiger charge is 2.18. The number of amides is 2. The molecule has 2 amide bonds. The average molecular weight is 308 g/mol. The van der Waals surface area contributed by atoms with Gasteiger partial charge >= 0.3 is 0 Å². The monoisotopic (exact) mass is 308 g/mol. The predicted octanol–water partition coefficient (Wildman–Crippen LogP) is 2.66. The minimum absolute atomic E-state index is 0.363. The van der Waals surface area contributed by atoms with Crippen LogP contribution in [-0.4, -0.2) is 11.8 Å². The third-order valence-electron chi connectivity index (χ3n) is 3.54. The normalized spacial score (nSPS) is 12.1. The molecular formula is C19H20N2O2. The van der Waals surface area contributed by atoms with Gasteiger partial charge in [0.05, 0.1) is 0 Å². The summed E-state index contributed by atoms with van der Waals surface area (Å²) in [6.07, 6.45) is 3.14. The van der Waals surface area contributed by atoms with Gasteiger partial charge in [0.25, 0.3) is 0 Å². The van der Waals surface area contributed by atoms with Crippen LogP contribution in [0.25, 0.3) is 6.08 Å². The van der Waals surface area contributed by atoms with E-state index in [0.29, 0.717) is 5.56 Å². The summed E-state index contributed by atoms with van der Waals surface area (Å²) in [7, 11) is 0. The van der Waals surface area contributed by atoms with Crippen molar-refractivity contribution in [3.05, 3.63) is 76.9 Å². The SMILES string of the molecule is Cc1ccc(/C=C/C(=O)NC(C(N)=O)c2ccccc2)c(C)c1. The van der Waals surface area contributed by atoms with Gasteiger partial charge in [-0.15, -0.1) is 0 Å². The van der Waals surface area contributed by atoms with Crippen molar-refractivity contribution in [3.8, 4) is 0 Å². The molecule has 4 heteroatoms. The molecular weight excluding hydrogens is 288 g/mol. The number of primary amides is 1. The van der Waals surface area contributed by atoms with Crippen molar-refractivity contribution in [2.24, 2.45) is 5.73 Å². The Bertz CT molecular complexity index is 736. The Labute approximate surface area is 136 Å². The number of nitrogens with two attached hydrogens (primary N) is 1. The molecule has 0 aliphatic rings. The summed E-state index contributed by atoms with van der Waals surface area (Å²) in [5, 5.41) is 2.63. The van der Waals surface area contributed by atoms with Gasteiger partial charge in [0.1, 0.15) is 6.04 Å². The van der Waals surface area contributed by atoms with Crippen molar-refractivity contribution in [3.63, 3.8) is 0 Å². The Morgan fingerprint density at radius 3 is 2.39 bits per heavy atom. The Morgan fingerprint density at radius 1 is 1.09 bits per heavy atom. The molecule has 0 spiro atoms. The summed E-state index contributed by atoms with van der Waals surface area (Å²) in [6, 6.07) is 14.1. The van der Waals surface area contributed by atoms with E-state index >= 15 is 0 Å². The van der Waals surface area contributed by atoms with Crippen LogP contribution >= 0.6 is 0 Å². The van der Waals surface area contributed by atoms with E-state index in [9.17, 15) is 9.59 Å². The largest absolute Gasteiger partial charge is 0.368 e. The zero-order valence-electron chi connectivity index (χ0n) is 13.2. The third kappa shape index (κ3) is 4.54. The fourth-order valence-corrected chi connectivity index (χ4v) is 2.33. The highest BCUT2D eigenvalue weighted by Crippen LogP contribution is 2.14. The van der Waals surface area contributed by atoms with Gasteiger partial charge < -0.3 is 11.1 Å². The molecule has 0 aromatic heterocycles. The van der Waals surface area contributed by atoms with Crippen molar-refractivity contribution in [1.29, 1.82) is 0 Å². The minimum atomic E-state index is -0.840. The highest BCUT2D eigenvalue weighted by atomic mass is 16.2. The molecule has 0 bridgehead atoms. The fourth-order valence-electron chi connectivity index (χ4n) is 2.33. The lowest BCUT2D eigenvalue weighted by atomic mass is 10.0. The quantitative estimate of drug-likeness (QED) is 0.834. The van der Waals surface area contributed by atoms with Crippen molar-refractivity contribution in [2.75, 3.05) is 0 Å². The zero-order chi connectivity index (χ0) is 16.8. The maximum absolute atomic E-state index is 12.1.